The molecule has 0 aliphatic heterocycles. The van der Waals surface area contributed by atoms with E-state index in [0.717, 1.165) is 6.07 Å². The van der Waals surface area contributed by atoms with Crippen molar-refractivity contribution in [2.24, 2.45) is 5.73 Å². The molecule has 0 saturated heterocycles. The van der Waals surface area contributed by atoms with Gasteiger partial charge in [-0.3, -0.25) is 9.59 Å². The number of halogens is 3. The van der Waals surface area contributed by atoms with Crippen LogP contribution in [-0.4, -0.2) is 37.6 Å². The Balaban J connectivity index is 2.60. The maximum atomic E-state index is 12.9. The molecule has 134 valence electrons. The Bertz CT molecular complexity index is 564. The molecule has 0 aliphatic carbocycles. The molecule has 0 saturated carbocycles. The predicted octanol–water partition coefficient (Wildman–Crippen LogP) is 1.05. The van der Waals surface area contributed by atoms with Crippen molar-refractivity contribution in [2.75, 3.05) is 19.6 Å². The zero-order valence-electron chi connectivity index (χ0n) is 13.2. The molecule has 4 N–H and O–H groups in total. The largest absolute Gasteiger partial charge is 0.488 e. The van der Waals surface area contributed by atoms with Gasteiger partial charge in [0.05, 0.1) is 25.2 Å². The summed E-state index contributed by atoms with van der Waals surface area (Å²) in [5.41, 5.74) is 4.21. The lowest BCUT2D eigenvalue weighted by atomic mass is 10.2. The topological polar surface area (TPSA) is 93.5 Å². The molecule has 9 heteroatoms. The Labute approximate surface area is 137 Å². The van der Waals surface area contributed by atoms with Crippen LogP contribution in [0.5, 0.6) is 5.75 Å². The van der Waals surface area contributed by atoms with Crippen LogP contribution in [0.2, 0.25) is 0 Å². The number of amides is 2. The molecule has 1 aromatic rings. The van der Waals surface area contributed by atoms with Crippen molar-refractivity contribution < 1.29 is 27.5 Å². The van der Waals surface area contributed by atoms with E-state index in [1.807, 2.05) is 0 Å². The lowest BCUT2D eigenvalue weighted by Gasteiger charge is -2.21. The van der Waals surface area contributed by atoms with E-state index in [2.05, 4.69) is 10.6 Å². The van der Waals surface area contributed by atoms with E-state index >= 15 is 0 Å². The SMILES string of the molecule is CCC(CNC(=O)CNC(=O)CN)Oc1ccccc1C(F)(F)F. The minimum Gasteiger partial charge on any atom is -0.488 e. The minimum atomic E-state index is -4.52. The fourth-order valence-electron chi connectivity index (χ4n) is 1.79. The zero-order valence-corrected chi connectivity index (χ0v) is 13.2. The van der Waals surface area contributed by atoms with Crippen molar-refractivity contribution >= 4 is 11.8 Å². The van der Waals surface area contributed by atoms with Crippen LogP contribution in [0.4, 0.5) is 13.2 Å². The molecule has 1 atom stereocenters. The zero-order chi connectivity index (χ0) is 18.2. The summed E-state index contributed by atoms with van der Waals surface area (Å²) in [5, 5.41) is 4.78. The van der Waals surface area contributed by atoms with E-state index in [1.54, 1.807) is 6.92 Å². The van der Waals surface area contributed by atoms with E-state index < -0.39 is 29.7 Å². The van der Waals surface area contributed by atoms with Gasteiger partial charge in [0, 0.05) is 0 Å². The highest BCUT2D eigenvalue weighted by Gasteiger charge is 2.34. The standard InChI is InChI=1S/C15H20F3N3O3/c1-2-10(8-20-14(23)9-21-13(22)7-19)24-12-6-4-3-5-11(12)15(16,17)18/h3-6,10H,2,7-9,19H2,1H3,(H,20,23)(H,21,22). The van der Waals surface area contributed by atoms with Crippen molar-refractivity contribution in [3.8, 4) is 5.75 Å². The second-order valence-electron chi connectivity index (χ2n) is 4.93. The number of nitrogens with one attached hydrogen (secondary N) is 2. The van der Waals surface area contributed by atoms with Crippen molar-refractivity contribution in [2.45, 2.75) is 25.6 Å². The third-order valence-electron chi connectivity index (χ3n) is 3.10. The van der Waals surface area contributed by atoms with Crippen LogP contribution in [0.25, 0.3) is 0 Å². The van der Waals surface area contributed by atoms with Gasteiger partial charge in [-0.1, -0.05) is 19.1 Å². The third-order valence-corrected chi connectivity index (χ3v) is 3.10. The highest BCUT2D eigenvalue weighted by atomic mass is 19.4. The molecule has 0 aliphatic rings. The van der Waals surface area contributed by atoms with Crippen LogP contribution in [0.15, 0.2) is 24.3 Å². The molecule has 1 unspecified atom stereocenters. The second-order valence-corrected chi connectivity index (χ2v) is 4.93. The van der Waals surface area contributed by atoms with Crippen LogP contribution in [-0.2, 0) is 15.8 Å². The number of alkyl halides is 3. The van der Waals surface area contributed by atoms with Crippen LogP contribution in [0, 0.1) is 0 Å². The summed E-state index contributed by atoms with van der Waals surface area (Å²) in [6.45, 7) is 1.25. The van der Waals surface area contributed by atoms with Gasteiger partial charge < -0.3 is 21.1 Å². The van der Waals surface area contributed by atoms with Gasteiger partial charge in [0.2, 0.25) is 11.8 Å². The number of hydrogen-bond donors (Lipinski definition) is 3. The number of hydrogen-bond acceptors (Lipinski definition) is 4. The Morgan fingerprint density at radius 3 is 2.46 bits per heavy atom. The van der Waals surface area contributed by atoms with E-state index in [0.29, 0.717) is 6.42 Å². The van der Waals surface area contributed by atoms with Crippen LogP contribution < -0.4 is 21.1 Å². The summed E-state index contributed by atoms with van der Waals surface area (Å²) >= 11 is 0. The maximum absolute atomic E-state index is 12.9. The van der Waals surface area contributed by atoms with Crippen molar-refractivity contribution in [1.29, 1.82) is 0 Å². The number of nitrogens with two attached hydrogens (primary N) is 1. The first kappa shape index (κ1) is 19.8. The molecule has 6 nitrogen and oxygen atoms in total. The molecule has 0 aromatic heterocycles. The molecule has 0 spiro atoms. The summed E-state index contributed by atoms with van der Waals surface area (Å²) in [4.78, 5) is 22.5. The van der Waals surface area contributed by atoms with E-state index in [-0.39, 0.29) is 25.4 Å². The number of ether oxygens (including phenoxy) is 1. The lowest BCUT2D eigenvalue weighted by Crippen LogP contribution is -2.42. The number of para-hydroxylation sites is 1. The fourth-order valence-corrected chi connectivity index (χ4v) is 1.79. The summed E-state index contributed by atoms with van der Waals surface area (Å²) < 4.78 is 44.2. The van der Waals surface area contributed by atoms with Gasteiger partial charge in [0.1, 0.15) is 11.9 Å². The number of benzene rings is 1. The highest BCUT2D eigenvalue weighted by molar-refractivity contribution is 5.85. The van der Waals surface area contributed by atoms with Gasteiger partial charge in [0.15, 0.2) is 0 Å². The van der Waals surface area contributed by atoms with Crippen LogP contribution in [0.3, 0.4) is 0 Å². The predicted molar refractivity (Wildman–Crippen MR) is 81.2 cm³/mol. The molecule has 0 radical (unpaired) electrons. The first-order chi connectivity index (χ1) is 11.3. The molecule has 2 amide bonds. The number of rotatable bonds is 8. The third kappa shape index (κ3) is 6.45. The molecular formula is C15H20F3N3O3. The van der Waals surface area contributed by atoms with E-state index in [1.165, 1.54) is 18.2 Å². The van der Waals surface area contributed by atoms with Crippen molar-refractivity contribution in [1.82, 2.24) is 10.6 Å². The monoisotopic (exact) mass is 347 g/mol. The van der Waals surface area contributed by atoms with Crippen molar-refractivity contribution in [3.63, 3.8) is 0 Å². The Hall–Kier alpha value is -2.29. The average Bonchev–Trinajstić information content (AvgIpc) is 2.55. The molecule has 0 fully saturated rings. The first-order valence-corrected chi connectivity index (χ1v) is 7.34. The van der Waals surface area contributed by atoms with Crippen LogP contribution in [0.1, 0.15) is 18.9 Å². The number of carbonyl (C=O) groups is 2. The smallest absolute Gasteiger partial charge is 0.419 e. The molecule has 1 aromatic carbocycles. The minimum absolute atomic E-state index is 0.0139. The molecule has 24 heavy (non-hydrogen) atoms. The summed E-state index contributed by atoms with van der Waals surface area (Å²) in [6.07, 6.45) is -4.77. The molecule has 1 rings (SSSR count). The lowest BCUT2D eigenvalue weighted by molar-refractivity contribution is -0.139. The summed E-state index contributed by atoms with van der Waals surface area (Å²) in [5.74, 6) is -1.25. The summed E-state index contributed by atoms with van der Waals surface area (Å²) in [6, 6.07) is 4.88. The Morgan fingerprint density at radius 2 is 1.88 bits per heavy atom. The average molecular weight is 347 g/mol. The molecular weight excluding hydrogens is 327 g/mol. The Morgan fingerprint density at radius 1 is 1.21 bits per heavy atom. The number of carbonyl (C=O) groups excluding carboxylic acids is 2. The molecule has 0 heterocycles. The fraction of sp³-hybridized carbons (Fsp3) is 0.467. The van der Waals surface area contributed by atoms with Crippen LogP contribution >= 0.6 is 0 Å². The van der Waals surface area contributed by atoms with E-state index in [4.69, 9.17) is 10.5 Å². The van der Waals surface area contributed by atoms with Gasteiger partial charge in [-0.25, -0.2) is 0 Å². The summed E-state index contributed by atoms with van der Waals surface area (Å²) in [7, 11) is 0. The quantitative estimate of drug-likeness (QED) is 0.655. The van der Waals surface area contributed by atoms with Gasteiger partial charge in [-0.15, -0.1) is 0 Å². The maximum Gasteiger partial charge on any atom is 0.419 e. The highest BCUT2D eigenvalue weighted by Crippen LogP contribution is 2.36. The van der Waals surface area contributed by atoms with E-state index in [9.17, 15) is 22.8 Å². The Kier molecular flexibility index (Phi) is 7.50. The van der Waals surface area contributed by atoms with Gasteiger partial charge in [-0.05, 0) is 18.6 Å². The first-order valence-electron chi connectivity index (χ1n) is 7.34. The van der Waals surface area contributed by atoms with Gasteiger partial charge in [-0.2, -0.15) is 13.2 Å². The van der Waals surface area contributed by atoms with Crippen molar-refractivity contribution in [3.05, 3.63) is 29.8 Å². The second kappa shape index (κ2) is 9.11. The molecule has 0 bridgehead atoms. The van der Waals surface area contributed by atoms with Gasteiger partial charge in [0.25, 0.3) is 0 Å². The van der Waals surface area contributed by atoms with Gasteiger partial charge >= 0.3 is 6.18 Å². The normalized spacial score (nSPS) is 12.4.